The highest BCUT2D eigenvalue weighted by atomic mass is 16.5. The lowest BCUT2D eigenvalue weighted by Gasteiger charge is -2.26. The van der Waals surface area contributed by atoms with Gasteiger partial charge in [0.05, 0.1) is 18.9 Å². The number of hydrogen-bond donors (Lipinski definition) is 1. The second-order valence-electron chi connectivity index (χ2n) is 7.15. The van der Waals surface area contributed by atoms with Gasteiger partial charge in [0, 0.05) is 18.7 Å². The van der Waals surface area contributed by atoms with Crippen LogP contribution in [0.5, 0.6) is 11.8 Å². The number of piperidine rings is 1. The van der Waals surface area contributed by atoms with E-state index in [1.54, 1.807) is 42.5 Å². The van der Waals surface area contributed by atoms with E-state index in [1.165, 1.54) is 19.7 Å². The molecule has 2 aromatic carbocycles. The maximum Gasteiger partial charge on any atom is 0.344 e. The molecule has 1 saturated heterocycles. The minimum Gasteiger partial charge on any atom is -0.467 e. The number of nitrogens with zero attached hydrogens (tertiary/aromatic N) is 5. The molecule has 3 aromatic rings. The number of nitrogens with one attached hydrogen (secondary N) is 1. The predicted molar refractivity (Wildman–Crippen MR) is 122 cm³/mol. The van der Waals surface area contributed by atoms with Crippen molar-refractivity contribution in [1.82, 2.24) is 15.0 Å². The van der Waals surface area contributed by atoms with Crippen LogP contribution in [-0.4, -0.2) is 47.3 Å². The number of rotatable bonds is 7. The first kappa shape index (κ1) is 21.2. The number of esters is 1. The molecule has 9 nitrogen and oxygen atoms in total. The number of carbonyl (C=O) groups is 1. The standard InChI is InChI=1S/C23H24N6O3/c1-31-23-26-21(25-22(27-23)29-14-8-3-9-15-29)28-24-16-17-10-6-7-13-19(17)20(30)32-18-11-4-2-5-12-18/h2,4-7,10-13,16H,3,8-9,14-15H2,1H3,(H,25,26,27,28)/b24-16-. The molecular weight excluding hydrogens is 408 g/mol. The Balaban J connectivity index is 1.49. The summed E-state index contributed by atoms with van der Waals surface area (Å²) in [5, 5.41) is 4.21. The van der Waals surface area contributed by atoms with Crippen molar-refractivity contribution in [3.63, 3.8) is 0 Å². The number of anilines is 2. The zero-order chi connectivity index (χ0) is 22.2. The van der Waals surface area contributed by atoms with Crippen LogP contribution in [0.25, 0.3) is 0 Å². The normalized spacial score (nSPS) is 13.7. The van der Waals surface area contributed by atoms with Crippen molar-refractivity contribution in [1.29, 1.82) is 0 Å². The Hall–Kier alpha value is -4.01. The number of benzene rings is 2. The van der Waals surface area contributed by atoms with E-state index >= 15 is 0 Å². The van der Waals surface area contributed by atoms with Crippen LogP contribution in [0, 0.1) is 0 Å². The first-order valence-corrected chi connectivity index (χ1v) is 10.4. The van der Waals surface area contributed by atoms with E-state index in [9.17, 15) is 4.79 Å². The third-order valence-corrected chi connectivity index (χ3v) is 4.93. The fourth-order valence-corrected chi connectivity index (χ4v) is 3.33. The van der Waals surface area contributed by atoms with E-state index in [1.807, 2.05) is 12.1 Å². The number of hydrogen-bond acceptors (Lipinski definition) is 9. The van der Waals surface area contributed by atoms with Crippen molar-refractivity contribution in [2.75, 3.05) is 30.5 Å². The topological polar surface area (TPSA) is 102 Å². The summed E-state index contributed by atoms with van der Waals surface area (Å²) in [6.45, 7) is 1.79. The van der Waals surface area contributed by atoms with Gasteiger partial charge in [-0.2, -0.15) is 20.1 Å². The number of aromatic nitrogens is 3. The second-order valence-corrected chi connectivity index (χ2v) is 7.15. The summed E-state index contributed by atoms with van der Waals surface area (Å²) < 4.78 is 10.7. The average molecular weight is 432 g/mol. The Bertz CT molecular complexity index is 1080. The lowest BCUT2D eigenvalue weighted by atomic mass is 10.1. The SMILES string of the molecule is COc1nc(N/N=C\c2ccccc2C(=O)Oc2ccccc2)nc(N2CCCCC2)n1. The maximum atomic E-state index is 12.6. The third kappa shape index (κ3) is 5.37. The van der Waals surface area contributed by atoms with Gasteiger partial charge in [-0.15, -0.1) is 0 Å². The molecule has 2 heterocycles. The molecule has 0 bridgehead atoms. The van der Waals surface area contributed by atoms with E-state index in [4.69, 9.17) is 9.47 Å². The van der Waals surface area contributed by atoms with Crippen LogP contribution >= 0.6 is 0 Å². The van der Waals surface area contributed by atoms with E-state index in [2.05, 4.69) is 30.4 Å². The fraction of sp³-hybridized carbons (Fsp3) is 0.261. The highest BCUT2D eigenvalue weighted by molar-refractivity contribution is 6.00. The van der Waals surface area contributed by atoms with E-state index < -0.39 is 5.97 Å². The Kier molecular flexibility index (Phi) is 6.86. The Labute approximate surface area is 186 Å². The van der Waals surface area contributed by atoms with E-state index in [-0.39, 0.29) is 12.0 Å². The summed E-state index contributed by atoms with van der Waals surface area (Å²) in [4.78, 5) is 27.7. The molecule has 1 N–H and O–H groups in total. The monoisotopic (exact) mass is 432 g/mol. The molecule has 0 saturated carbocycles. The van der Waals surface area contributed by atoms with Crippen LogP contribution in [0.3, 0.4) is 0 Å². The zero-order valence-corrected chi connectivity index (χ0v) is 17.8. The van der Waals surface area contributed by atoms with E-state index in [0.717, 1.165) is 25.9 Å². The summed E-state index contributed by atoms with van der Waals surface area (Å²) in [6, 6.07) is 16.2. The van der Waals surface area contributed by atoms with Gasteiger partial charge in [0.1, 0.15) is 5.75 Å². The first-order chi connectivity index (χ1) is 15.7. The number of hydrazone groups is 1. The smallest absolute Gasteiger partial charge is 0.344 e. The van der Waals surface area contributed by atoms with Crippen molar-refractivity contribution in [2.24, 2.45) is 5.10 Å². The number of ether oxygens (including phenoxy) is 2. The molecule has 0 atom stereocenters. The summed E-state index contributed by atoms with van der Waals surface area (Å²) in [5.41, 5.74) is 3.80. The van der Waals surface area contributed by atoms with Crippen molar-refractivity contribution in [2.45, 2.75) is 19.3 Å². The molecule has 0 unspecified atom stereocenters. The van der Waals surface area contributed by atoms with Gasteiger partial charge in [0.15, 0.2) is 0 Å². The van der Waals surface area contributed by atoms with Crippen molar-refractivity contribution in [3.8, 4) is 11.8 Å². The van der Waals surface area contributed by atoms with Gasteiger partial charge in [0.25, 0.3) is 5.95 Å². The van der Waals surface area contributed by atoms with Gasteiger partial charge in [-0.05, 0) is 37.5 Å². The quantitative estimate of drug-likeness (QED) is 0.262. The molecule has 164 valence electrons. The molecule has 1 aromatic heterocycles. The van der Waals surface area contributed by atoms with Crippen LogP contribution in [0.2, 0.25) is 0 Å². The van der Waals surface area contributed by atoms with Crippen LogP contribution in [-0.2, 0) is 0 Å². The fourth-order valence-electron chi connectivity index (χ4n) is 3.33. The Morgan fingerprint density at radius 3 is 2.53 bits per heavy atom. The van der Waals surface area contributed by atoms with Gasteiger partial charge in [-0.1, -0.05) is 36.4 Å². The first-order valence-electron chi connectivity index (χ1n) is 10.4. The maximum absolute atomic E-state index is 12.6. The average Bonchev–Trinajstić information content (AvgIpc) is 2.85. The van der Waals surface area contributed by atoms with Gasteiger partial charge in [-0.3, -0.25) is 0 Å². The molecule has 32 heavy (non-hydrogen) atoms. The molecular formula is C23H24N6O3. The molecule has 1 fully saturated rings. The highest BCUT2D eigenvalue weighted by Crippen LogP contribution is 2.19. The minimum absolute atomic E-state index is 0.213. The van der Waals surface area contributed by atoms with Crippen LogP contribution in [0.4, 0.5) is 11.9 Å². The summed E-state index contributed by atoms with van der Waals surface area (Å²) in [5.74, 6) is 0.830. The molecule has 1 aliphatic heterocycles. The largest absolute Gasteiger partial charge is 0.467 e. The molecule has 0 radical (unpaired) electrons. The number of methoxy groups -OCH3 is 1. The molecule has 0 amide bonds. The molecule has 0 spiro atoms. The Morgan fingerprint density at radius 1 is 1.00 bits per heavy atom. The lowest BCUT2D eigenvalue weighted by molar-refractivity contribution is 0.0734. The van der Waals surface area contributed by atoms with Crippen LogP contribution < -0.4 is 19.8 Å². The zero-order valence-electron chi connectivity index (χ0n) is 17.8. The van der Waals surface area contributed by atoms with Crippen molar-refractivity contribution in [3.05, 3.63) is 65.7 Å². The number of para-hydroxylation sites is 1. The third-order valence-electron chi connectivity index (χ3n) is 4.93. The summed E-state index contributed by atoms with van der Waals surface area (Å²) in [6.07, 6.45) is 4.94. The molecule has 9 heteroatoms. The van der Waals surface area contributed by atoms with Gasteiger partial charge < -0.3 is 14.4 Å². The highest BCUT2D eigenvalue weighted by Gasteiger charge is 2.17. The summed E-state index contributed by atoms with van der Waals surface area (Å²) in [7, 11) is 1.51. The Morgan fingerprint density at radius 2 is 1.75 bits per heavy atom. The van der Waals surface area contributed by atoms with Gasteiger partial charge in [0.2, 0.25) is 5.95 Å². The van der Waals surface area contributed by atoms with E-state index in [0.29, 0.717) is 22.8 Å². The van der Waals surface area contributed by atoms with Gasteiger partial charge in [-0.25, -0.2) is 10.2 Å². The van der Waals surface area contributed by atoms with Crippen LogP contribution in [0.15, 0.2) is 59.7 Å². The molecule has 0 aliphatic carbocycles. The second kappa shape index (κ2) is 10.3. The predicted octanol–water partition coefficient (Wildman–Crippen LogP) is 3.54. The number of carbonyl (C=O) groups excluding carboxylic acids is 1. The van der Waals surface area contributed by atoms with Crippen LogP contribution in [0.1, 0.15) is 35.2 Å². The molecule has 4 rings (SSSR count). The van der Waals surface area contributed by atoms with Crippen molar-refractivity contribution < 1.29 is 14.3 Å². The molecule has 1 aliphatic rings. The summed E-state index contributed by atoms with van der Waals surface area (Å²) >= 11 is 0. The van der Waals surface area contributed by atoms with Crippen molar-refractivity contribution >= 4 is 24.1 Å². The minimum atomic E-state index is -0.465. The van der Waals surface area contributed by atoms with Gasteiger partial charge >= 0.3 is 12.0 Å². The lowest BCUT2D eigenvalue weighted by Crippen LogP contribution is -2.31.